The van der Waals surface area contributed by atoms with Crippen LogP contribution in [-0.2, 0) is 14.3 Å². The molecule has 3 rings (SSSR count). The first-order valence-corrected chi connectivity index (χ1v) is 9.37. The van der Waals surface area contributed by atoms with E-state index in [2.05, 4.69) is 0 Å². The molecule has 1 atom stereocenters. The number of rotatable bonds is 6. The first-order chi connectivity index (χ1) is 13.1. The molecule has 0 aromatic heterocycles. The fourth-order valence-corrected chi connectivity index (χ4v) is 3.45. The van der Waals surface area contributed by atoms with Crippen LogP contribution in [0.25, 0.3) is 0 Å². The van der Waals surface area contributed by atoms with Gasteiger partial charge in [-0.3, -0.25) is 4.79 Å². The summed E-state index contributed by atoms with van der Waals surface area (Å²) in [6, 6.07) is 17.7. The first kappa shape index (κ1) is 19.1. The molecule has 27 heavy (non-hydrogen) atoms. The van der Waals surface area contributed by atoms with E-state index in [4.69, 9.17) is 15.2 Å². The molecular weight excluding hydrogens is 342 g/mol. The molecule has 5 heteroatoms. The summed E-state index contributed by atoms with van der Waals surface area (Å²) in [6.07, 6.45) is 3.31. The number of carbonyl (C=O) groups excluding carboxylic acids is 2. The lowest BCUT2D eigenvalue weighted by atomic mass is 9.74. The highest BCUT2D eigenvalue weighted by molar-refractivity contribution is 5.89. The molecule has 0 amide bonds. The van der Waals surface area contributed by atoms with E-state index >= 15 is 0 Å². The SMILES string of the molecule is NCC1(C(=O)OC(OC(=O)c2ccccc2)c2ccccc2)CCCCC1. The molecule has 2 N–H and O–H groups in total. The van der Waals surface area contributed by atoms with Crippen molar-refractivity contribution < 1.29 is 19.1 Å². The maximum atomic E-state index is 13.0. The predicted octanol–water partition coefficient (Wildman–Crippen LogP) is 3.99. The quantitative estimate of drug-likeness (QED) is 0.617. The highest BCUT2D eigenvalue weighted by atomic mass is 16.7. The van der Waals surface area contributed by atoms with Gasteiger partial charge in [-0.15, -0.1) is 0 Å². The Kier molecular flexibility index (Phi) is 6.24. The highest BCUT2D eigenvalue weighted by Crippen LogP contribution is 2.38. The summed E-state index contributed by atoms with van der Waals surface area (Å²) < 4.78 is 11.3. The molecule has 1 fully saturated rings. The zero-order valence-corrected chi connectivity index (χ0v) is 15.3. The Balaban J connectivity index is 1.80. The van der Waals surface area contributed by atoms with Crippen molar-refractivity contribution in [3.63, 3.8) is 0 Å². The Labute approximate surface area is 159 Å². The third-order valence-electron chi connectivity index (χ3n) is 5.14. The zero-order valence-electron chi connectivity index (χ0n) is 15.3. The van der Waals surface area contributed by atoms with Gasteiger partial charge in [-0.1, -0.05) is 67.8 Å². The summed E-state index contributed by atoms with van der Waals surface area (Å²) in [6.45, 7) is 0.236. The Morgan fingerprint density at radius 3 is 2.07 bits per heavy atom. The van der Waals surface area contributed by atoms with E-state index in [1.165, 1.54) is 0 Å². The summed E-state index contributed by atoms with van der Waals surface area (Å²) in [5.74, 6) is -0.929. The fraction of sp³-hybridized carbons (Fsp3) is 0.364. The second-order valence-electron chi connectivity index (χ2n) is 6.96. The average Bonchev–Trinajstić information content (AvgIpc) is 2.74. The van der Waals surface area contributed by atoms with Crippen molar-refractivity contribution >= 4 is 11.9 Å². The zero-order chi connectivity index (χ0) is 19.1. The summed E-state index contributed by atoms with van der Waals surface area (Å²) in [5, 5.41) is 0. The molecule has 142 valence electrons. The van der Waals surface area contributed by atoms with Crippen molar-refractivity contribution in [2.45, 2.75) is 38.4 Å². The number of nitrogens with two attached hydrogens (primary N) is 1. The van der Waals surface area contributed by atoms with E-state index in [0.29, 0.717) is 24.0 Å². The Morgan fingerprint density at radius 2 is 1.48 bits per heavy atom. The lowest BCUT2D eigenvalue weighted by Gasteiger charge is -2.34. The Bertz CT molecular complexity index is 754. The standard InChI is InChI=1S/C22H25NO4/c23-16-22(14-8-3-9-15-22)21(25)27-20(18-12-6-2-7-13-18)26-19(24)17-10-4-1-5-11-17/h1-2,4-7,10-13,20H,3,8-9,14-16,23H2. The molecule has 1 unspecified atom stereocenters. The maximum Gasteiger partial charge on any atom is 0.341 e. The molecule has 0 aliphatic heterocycles. The van der Waals surface area contributed by atoms with Gasteiger partial charge in [-0.2, -0.15) is 0 Å². The molecule has 1 aliphatic rings. The van der Waals surface area contributed by atoms with Gasteiger partial charge in [0.05, 0.1) is 11.0 Å². The number of hydrogen-bond donors (Lipinski definition) is 1. The molecule has 0 heterocycles. The van der Waals surface area contributed by atoms with Crippen LogP contribution in [0.3, 0.4) is 0 Å². The van der Waals surface area contributed by atoms with Crippen LogP contribution in [0.5, 0.6) is 0 Å². The number of carbonyl (C=O) groups is 2. The van der Waals surface area contributed by atoms with Crippen molar-refractivity contribution in [1.29, 1.82) is 0 Å². The van der Waals surface area contributed by atoms with Gasteiger partial charge in [0.15, 0.2) is 0 Å². The Morgan fingerprint density at radius 1 is 0.889 bits per heavy atom. The van der Waals surface area contributed by atoms with Crippen molar-refractivity contribution in [3.05, 3.63) is 71.8 Å². The minimum atomic E-state index is -1.10. The number of hydrogen-bond acceptors (Lipinski definition) is 5. The normalized spacial score (nSPS) is 16.9. The van der Waals surface area contributed by atoms with E-state index < -0.39 is 17.7 Å². The first-order valence-electron chi connectivity index (χ1n) is 9.37. The van der Waals surface area contributed by atoms with Gasteiger partial charge in [0.1, 0.15) is 0 Å². The molecule has 1 saturated carbocycles. The minimum Gasteiger partial charge on any atom is -0.420 e. The van der Waals surface area contributed by atoms with Crippen LogP contribution in [0, 0.1) is 5.41 Å². The van der Waals surface area contributed by atoms with Gasteiger partial charge in [0.25, 0.3) is 6.29 Å². The number of benzene rings is 2. The van der Waals surface area contributed by atoms with Crippen LogP contribution in [0.15, 0.2) is 60.7 Å². The number of esters is 2. The van der Waals surface area contributed by atoms with Crippen molar-refractivity contribution in [1.82, 2.24) is 0 Å². The van der Waals surface area contributed by atoms with Gasteiger partial charge in [-0.05, 0) is 25.0 Å². The summed E-state index contributed by atoms with van der Waals surface area (Å²) in [7, 11) is 0. The van der Waals surface area contributed by atoms with Crippen molar-refractivity contribution in [2.75, 3.05) is 6.54 Å². The van der Waals surface area contributed by atoms with Gasteiger partial charge in [0.2, 0.25) is 0 Å². The van der Waals surface area contributed by atoms with Gasteiger partial charge in [0, 0.05) is 12.1 Å². The summed E-state index contributed by atoms with van der Waals surface area (Å²) in [4.78, 5) is 25.5. The summed E-state index contributed by atoms with van der Waals surface area (Å²) in [5.41, 5.74) is 6.26. The molecule has 5 nitrogen and oxygen atoms in total. The summed E-state index contributed by atoms with van der Waals surface area (Å²) >= 11 is 0. The van der Waals surface area contributed by atoms with E-state index in [9.17, 15) is 9.59 Å². The lowest BCUT2D eigenvalue weighted by Crippen LogP contribution is -2.42. The van der Waals surface area contributed by atoms with Crippen LogP contribution in [0.1, 0.15) is 54.3 Å². The molecular formula is C22H25NO4. The molecule has 0 radical (unpaired) electrons. The van der Waals surface area contributed by atoms with E-state index in [-0.39, 0.29) is 12.5 Å². The largest absolute Gasteiger partial charge is 0.420 e. The fourth-order valence-electron chi connectivity index (χ4n) is 3.45. The Hall–Kier alpha value is -2.66. The molecule has 2 aromatic carbocycles. The third-order valence-corrected chi connectivity index (χ3v) is 5.14. The minimum absolute atomic E-state index is 0.236. The van der Waals surface area contributed by atoms with Gasteiger partial charge in [-0.25, -0.2) is 4.79 Å². The van der Waals surface area contributed by atoms with E-state index in [1.807, 2.05) is 24.3 Å². The predicted molar refractivity (Wildman–Crippen MR) is 102 cm³/mol. The lowest BCUT2D eigenvalue weighted by molar-refractivity contribution is -0.183. The van der Waals surface area contributed by atoms with Gasteiger partial charge < -0.3 is 15.2 Å². The second kappa shape index (κ2) is 8.82. The molecule has 0 bridgehead atoms. The molecule has 0 saturated heterocycles. The smallest absolute Gasteiger partial charge is 0.341 e. The van der Waals surface area contributed by atoms with Crippen molar-refractivity contribution in [2.24, 2.45) is 11.1 Å². The topological polar surface area (TPSA) is 78.6 Å². The monoisotopic (exact) mass is 367 g/mol. The average molecular weight is 367 g/mol. The molecule has 1 aliphatic carbocycles. The van der Waals surface area contributed by atoms with Crippen LogP contribution in [0.2, 0.25) is 0 Å². The van der Waals surface area contributed by atoms with E-state index in [1.54, 1.807) is 36.4 Å². The van der Waals surface area contributed by atoms with E-state index in [0.717, 1.165) is 19.3 Å². The van der Waals surface area contributed by atoms with Crippen molar-refractivity contribution in [3.8, 4) is 0 Å². The maximum absolute atomic E-state index is 13.0. The highest BCUT2D eigenvalue weighted by Gasteiger charge is 2.41. The van der Waals surface area contributed by atoms with Gasteiger partial charge >= 0.3 is 11.9 Å². The molecule has 0 spiro atoms. The van der Waals surface area contributed by atoms with Crippen LogP contribution in [-0.4, -0.2) is 18.5 Å². The second-order valence-corrected chi connectivity index (χ2v) is 6.96. The van der Waals surface area contributed by atoms with Crippen LogP contribution in [0.4, 0.5) is 0 Å². The third kappa shape index (κ3) is 4.55. The number of ether oxygens (including phenoxy) is 2. The van der Waals surface area contributed by atoms with Crippen LogP contribution < -0.4 is 5.73 Å². The molecule has 2 aromatic rings. The van der Waals surface area contributed by atoms with Crippen LogP contribution >= 0.6 is 0 Å².